The summed E-state index contributed by atoms with van der Waals surface area (Å²) in [5.74, 6) is 0. The molecular weight excluding hydrogens is 266 g/mol. The molecule has 0 saturated heterocycles. The standard InChI is InChI=1S/C15H17N5O/c1-9-14(10(2)19(4)18-9)11(3)20-8-17-13-7-16-6-5-12(13)15(20)21/h5-8,11H,1-4H3. The third kappa shape index (κ3) is 2.03. The normalized spacial score (nSPS) is 12.8. The van der Waals surface area contributed by atoms with E-state index < -0.39 is 0 Å². The van der Waals surface area contributed by atoms with Gasteiger partial charge in [-0.1, -0.05) is 0 Å². The molecule has 3 rings (SSSR count). The highest BCUT2D eigenvalue weighted by molar-refractivity contribution is 5.75. The Morgan fingerprint density at radius 3 is 2.71 bits per heavy atom. The molecule has 3 aromatic heterocycles. The maximum Gasteiger partial charge on any atom is 0.261 e. The molecule has 0 amide bonds. The smallest absolute Gasteiger partial charge is 0.261 e. The number of rotatable bonds is 2. The first-order valence-corrected chi connectivity index (χ1v) is 6.81. The van der Waals surface area contributed by atoms with Crippen molar-refractivity contribution in [3.63, 3.8) is 0 Å². The Kier molecular flexibility index (Phi) is 3.08. The van der Waals surface area contributed by atoms with Gasteiger partial charge in [-0.2, -0.15) is 5.10 Å². The van der Waals surface area contributed by atoms with Gasteiger partial charge in [-0.3, -0.25) is 19.0 Å². The Balaban J connectivity index is 2.20. The largest absolute Gasteiger partial charge is 0.291 e. The van der Waals surface area contributed by atoms with Gasteiger partial charge in [0.25, 0.3) is 5.56 Å². The van der Waals surface area contributed by atoms with Gasteiger partial charge in [0.15, 0.2) is 0 Å². The molecule has 108 valence electrons. The summed E-state index contributed by atoms with van der Waals surface area (Å²) in [5, 5.41) is 5.00. The van der Waals surface area contributed by atoms with E-state index in [1.165, 1.54) is 0 Å². The van der Waals surface area contributed by atoms with E-state index in [2.05, 4.69) is 15.1 Å². The lowest BCUT2D eigenvalue weighted by Gasteiger charge is -2.16. The molecule has 3 aromatic rings. The summed E-state index contributed by atoms with van der Waals surface area (Å²) in [5.41, 5.74) is 3.61. The van der Waals surface area contributed by atoms with Crippen molar-refractivity contribution < 1.29 is 0 Å². The van der Waals surface area contributed by atoms with Crippen molar-refractivity contribution in [2.24, 2.45) is 7.05 Å². The fraction of sp³-hybridized carbons (Fsp3) is 0.333. The van der Waals surface area contributed by atoms with Gasteiger partial charge in [0, 0.05) is 24.5 Å². The van der Waals surface area contributed by atoms with Crippen molar-refractivity contribution in [2.75, 3.05) is 0 Å². The zero-order valence-corrected chi connectivity index (χ0v) is 12.5. The minimum absolute atomic E-state index is 0.0578. The predicted octanol–water partition coefficient (Wildman–Crippen LogP) is 1.75. The van der Waals surface area contributed by atoms with Crippen LogP contribution in [0.3, 0.4) is 0 Å². The molecule has 21 heavy (non-hydrogen) atoms. The zero-order chi connectivity index (χ0) is 15.1. The highest BCUT2D eigenvalue weighted by Crippen LogP contribution is 2.23. The van der Waals surface area contributed by atoms with Crippen LogP contribution in [0.2, 0.25) is 0 Å². The molecule has 6 heteroatoms. The number of nitrogens with zero attached hydrogens (tertiary/aromatic N) is 5. The second-order valence-corrected chi connectivity index (χ2v) is 5.23. The molecule has 0 N–H and O–H groups in total. The molecule has 0 bridgehead atoms. The Hall–Kier alpha value is -2.50. The van der Waals surface area contributed by atoms with Gasteiger partial charge in [-0.15, -0.1) is 0 Å². The minimum Gasteiger partial charge on any atom is -0.291 e. The molecule has 0 aliphatic rings. The Morgan fingerprint density at radius 2 is 2.05 bits per heavy atom. The molecule has 0 aliphatic carbocycles. The van der Waals surface area contributed by atoms with Crippen LogP contribution < -0.4 is 5.56 Å². The van der Waals surface area contributed by atoms with E-state index in [0.29, 0.717) is 10.9 Å². The van der Waals surface area contributed by atoms with Crippen LogP contribution >= 0.6 is 0 Å². The first kappa shape index (κ1) is 13.5. The third-order valence-electron chi connectivity index (χ3n) is 3.99. The van der Waals surface area contributed by atoms with Crippen molar-refractivity contribution >= 4 is 10.9 Å². The first-order valence-electron chi connectivity index (χ1n) is 6.81. The lowest BCUT2D eigenvalue weighted by atomic mass is 10.1. The van der Waals surface area contributed by atoms with E-state index >= 15 is 0 Å². The fourth-order valence-electron chi connectivity index (χ4n) is 2.80. The van der Waals surface area contributed by atoms with Crippen LogP contribution in [0, 0.1) is 13.8 Å². The predicted molar refractivity (Wildman–Crippen MR) is 80.3 cm³/mol. The second-order valence-electron chi connectivity index (χ2n) is 5.23. The summed E-state index contributed by atoms with van der Waals surface area (Å²) in [6.45, 7) is 5.96. The first-order chi connectivity index (χ1) is 10.0. The van der Waals surface area contributed by atoms with Crippen LogP contribution in [-0.4, -0.2) is 24.3 Å². The van der Waals surface area contributed by atoms with Crippen molar-refractivity contribution in [1.29, 1.82) is 0 Å². The average molecular weight is 283 g/mol. The SMILES string of the molecule is Cc1nn(C)c(C)c1C(C)n1cnc2cnccc2c1=O. The lowest BCUT2D eigenvalue weighted by Crippen LogP contribution is -2.25. The van der Waals surface area contributed by atoms with Crippen molar-refractivity contribution in [2.45, 2.75) is 26.8 Å². The summed E-state index contributed by atoms with van der Waals surface area (Å²) >= 11 is 0. The van der Waals surface area contributed by atoms with Gasteiger partial charge in [0.05, 0.1) is 35.2 Å². The van der Waals surface area contributed by atoms with E-state index in [4.69, 9.17) is 0 Å². The highest BCUT2D eigenvalue weighted by Gasteiger charge is 2.19. The van der Waals surface area contributed by atoms with E-state index in [0.717, 1.165) is 17.0 Å². The number of aryl methyl sites for hydroxylation is 2. The van der Waals surface area contributed by atoms with Gasteiger partial charge >= 0.3 is 0 Å². The Morgan fingerprint density at radius 1 is 1.29 bits per heavy atom. The van der Waals surface area contributed by atoms with Crippen LogP contribution in [0.25, 0.3) is 10.9 Å². The average Bonchev–Trinajstić information content (AvgIpc) is 2.72. The number of hydrogen-bond acceptors (Lipinski definition) is 4. The molecule has 1 atom stereocenters. The summed E-state index contributed by atoms with van der Waals surface area (Å²) < 4.78 is 3.49. The summed E-state index contributed by atoms with van der Waals surface area (Å²) in [6.07, 6.45) is 4.80. The second kappa shape index (κ2) is 4.80. The lowest BCUT2D eigenvalue weighted by molar-refractivity contribution is 0.601. The molecule has 0 aromatic carbocycles. The van der Waals surface area contributed by atoms with Crippen molar-refractivity contribution in [3.8, 4) is 0 Å². The minimum atomic E-state index is -0.115. The number of aromatic nitrogens is 5. The molecular formula is C15H17N5O. The molecule has 1 unspecified atom stereocenters. The van der Waals surface area contributed by atoms with Gasteiger partial charge in [0.1, 0.15) is 0 Å². The van der Waals surface area contributed by atoms with E-state index in [1.807, 2.05) is 32.5 Å². The molecule has 6 nitrogen and oxygen atoms in total. The topological polar surface area (TPSA) is 65.6 Å². The third-order valence-corrected chi connectivity index (χ3v) is 3.99. The molecule has 0 fully saturated rings. The number of pyridine rings is 1. The Bertz CT molecular complexity index is 877. The quantitative estimate of drug-likeness (QED) is 0.718. The Labute approximate surface area is 122 Å². The van der Waals surface area contributed by atoms with E-state index in [9.17, 15) is 4.79 Å². The maximum atomic E-state index is 12.6. The summed E-state index contributed by atoms with van der Waals surface area (Å²) in [4.78, 5) is 21.0. The van der Waals surface area contributed by atoms with Gasteiger partial charge in [-0.05, 0) is 26.8 Å². The summed E-state index contributed by atoms with van der Waals surface area (Å²) in [6, 6.07) is 1.59. The van der Waals surface area contributed by atoms with Crippen molar-refractivity contribution in [1.82, 2.24) is 24.3 Å². The van der Waals surface area contributed by atoms with Crippen LogP contribution in [0.4, 0.5) is 0 Å². The van der Waals surface area contributed by atoms with Crippen LogP contribution in [0.5, 0.6) is 0 Å². The van der Waals surface area contributed by atoms with E-state index in [-0.39, 0.29) is 11.6 Å². The maximum absolute atomic E-state index is 12.6. The molecule has 3 heterocycles. The van der Waals surface area contributed by atoms with Crippen LogP contribution in [-0.2, 0) is 7.05 Å². The zero-order valence-electron chi connectivity index (χ0n) is 12.5. The fourth-order valence-corrected chi connectivity index (χ4v) is 2.80. The highest BCUT2D eigenvalue weighted by atomic mass is 16.1. The monoisotopic (exact) mass is 283 g/mol. The van der Waals surface area contributed by atoms with E-state index in [1.54, 1.807) is 29.4 Å². The molecule has 0 spiro atoms. The van der Waals surface area contributed by atoms with Crippen molar-refractivity contribution in [3.05, 3.63) is 52.1 Å². The van der Waals surface area contributed by atoms with Gasteiger partial charge in [0.2, 0.25) is 0 Å². The molecule has 0 saturated carbocycles. The van der Waals surface area contributed by atoms with Crippen LogP contribution in [0.1, 0.15) is 29.9 Å². The number of hydrogen-bond donors (Lipinski definition) is 0. The molecule has 0 aliphatic heterocycles. The summed E-state index contributed by atoms with van der Waals surface area (Å²) in [7, 11) is 1.91. The van der Waals surface area contributed by atoms with Crippen LogP contribution in [0.15, 0.2) is 29.6 Å². The van der Waals surface area contributed by atoms with Gasteiger partial charge in [-0.25, -0.2) is 4.98 Å². The molecule has 0 radical (unpaired) electrons. The van der Waals surface area contributed by atoms with Gasteiger partial charge < -0.3 is 0 Å². The number of fused-ring (bicyclic) bond motifs is 1.